The first kappa shape index (κ1) is 12.6. The molecule has 0 aromatic rings. The summed E-state index contributed by atoms with van der Waals surface area (Å²) in [5.41, 5.74) is 0. The number of aliphatic imine (C=N–C) groups is 1. The van der Waals surface area contributed by atoms with E-state index in [0.717, 1.165) is 18.3 Å². The van der Waals surface area contributed by atoms with Gasteiger partial charge >= 0.3 is 0 Å². The van der Waals surface area contributed by atoms with Crippen molar-refractivity contribution in [2.45, 2.75) is 26.2 Å². The standard InChI is InChI=1S/C8H16N2S.HI/c1-2-3-4-7-11-8-9-5-6-10-8;/h2-7H2,1H3,(H,9,10);1H. The first-order valence-electron chi connectivity index (χ1n) is 4.34. The molecule has 0 aliphatic carbocycles. The van der Waals surface area contributed by atoms with Gasteiger partial charge in [0.15, 0.2) is 5.17 Å². The molecule has 4 heteroatoms. The second-order valence-electron chi connectivity index (χ2n) is 2.67. The lowest BCUT2D eigenvalue weighted by Gasteiger charge is -1.99. The van der Waals surface area contributed by atoms with Crippen LogP contribution in [0.25, 0.3) is 0 Å². The van der Waals surface area contributed by atoms with Crippen LogP contribution in [0, 0.1) is 0 Å². The van der Waals surface area contributed by atoms with E-state index < -0.39 is 0 Å². The van der Waals surface area contributed by atoms with E-state index in [0.29, 0.717) is 0 Å². The monoisotopic (exact) mass is 300 g/mol. The van der Waals surface area contributed by atoms with Crippen molar-refractivity contribution in [3.8, 4) is 0 Å². The highest BCUT2D eigenvalue weighted by Gasteiger charge is 2.03. The molecule has 0 aromatic heterocycles. The fourth-order valence-corrected chi connectivity index (χ4v) is 1.92. The highest BCUT2D eigenvalue weighted by Crippen LogP contribution is 2.08. The number of halogens is 1. The average molecular weight is 300 g/mol. The minimum absolute atomic E-state index is 0. The topological polar surface area (TPSA) is 24.4 Å². The Kier molecular flexibility index (Phi) is 8.54. The molecule has 0 bridgehead atoms. The van der Waals surface area contributed by atoms with Crippen LogP contribution in [0.4, 0.5) is 0 Å². The smallest absolute Gasteiger partial charge is 0.156 e. The Morgan fingerprint density at radius 2 is 2.33 bits per heavy atom. The summed E-state index contributed by atoms with van der Waals surface area (Å²) in [4.78, 5) is 4.30. The van der Waals surface area contributed by atoms with Crippen molar-refractivity contribution in [3.63, 3.8) is 0 Å². The number of nitrogens with zero attached hydrogens (tertiary/aromatic N) is 1. The number of rotatable bonds is 4. The Bertz CT molecular complexity index is 139. The summed E-state index contributed by atoms with van der Waals surface area (Å²) in [7, 11) is 0. The van der Waals surface area contributed by atoms with Crippen molar-refractivity contribution in [2.24, 2.45) is 4.99 Å². The normalized spacial score (nSPS) is 14.9. The Hall–Kier alpha value is 0.550. The Morgan fingerprint density at radius 3 is 2.92 bits per heavy atom. The lowest BCUT2D eigenvalue weighted by atomic mass is 10.3. The molecule has 1 aliphatic heterocycles. The molecule has 0 atom stereocenters. The largest absolute Gasteiger partial charge is 0.363 e. The van der Waals surface area contributed by atoms with Crippen molar-refractivity contribution in [2.75, 3.05) is 18.8 Å². The van der Waals surface area contributed by atoms with Gasteiger partial charge in [0.2, 0.25) is 0 Å². The molecule has 0 amide bonds. The Morgan fingerprint density at radius 1 is 1.50 bits per heavy atom. The third-order valence-corrected chi connectivity index (χ3v) is 2.67. The van der Waals surface area contributed by atoms with E-state index in [1.807, 2.05) is 11.8 Å². The van der Waals surface area contributed by atoms with E-state index in [1.54, 1.807) is 0 Å². The fourth-order valence-electron chi connectivity index (χ4n) is 0.994. The number of amidine groups is 1. The third kappa shape index (κ3) is 5.24. The summed E-state index contributed by atoms with van der Waals surface area (Å²) in [6, 6.07) is 0. The molecule has 1 aliphatic rings. The van der Waals surface area contributed by atoms with Crippen LogP contribution >= 0.6 is 35.7 Å². The number of hydrogen-bond donors (Lipinski definition) is 1. The van der Waals surface area contributed by atoms with Gasteiger partial charge in [0.25, 0.3) is 0 Å². The minimum atomic E-state index is 0. The van der Waals surface area contributed by atoms with E-state index in [4.69, 9.17) is 0 Å². The van der Waals surface area contributed by atoms with E-state index in [9.17, 15) is 0 Å². The quantitative estimate of drug-likeness (QED) is 0.637. The minimum Gasteiger partial charge on any atom is -0.363 e. The summed E-state index contributed by atoms with van der Waals surface area (Å²) in [6.07, 6.45) is 3.97. The lowest BCUT2D eigenvalue weighted by molar-refractivity contribution is 0.779. The zero-order valence-electron chi connectivity index (χ0n) is 7.51. The number of thioether (sulfide) groups is 1. The number of nitrogens with one attached hydrogen (secondary N) is 1. The molecule has 12 heavy (non-hydrogen) atoms. The fraction of sp³-hybridized carbons (Fsp3) is 0.875. The molecule has 72 valence electrons. The van der Waals surface area contributed by atoms with Crippen molar-refractivity contribution in [1.29, 1.82) is 0 Å². The summed E-state index contributed by atoms with van der Waals surface area (Å²) < 4.78 is 0. The van der Waals surface area contributed by atoms with Gasteiger partial charge in [-0.25, -0.2) is 0 Å². The van der Waals surface area contributed by atoms with Crippen LogP contribution in [0.1, 0.15) is 26.2 Å². The van der Waals surface area contributed by atoms with E-state index in [-0.39, 0.29) is 24.0 Å². The van der Waals surface area contributed by atoms with Crippen molar-refractivity contribution in [3.05, 3.63) is 0 Å². The van der Waals surface area contributed by atoms with Crippen LogP contribution in [0.5, 0.6) is 0 Å². The van der Waals surface area contributed by atoms with E-state index in [1.165, 1.54) is 25.0 Å². The summed E-state index contributed by atoms with van der Waals surface area (Å²) in [5.74, 6) is 1.22. The lowest BCUT2D eigenvalue weighted by Crippen LogP contribution is -2.15. The molecule has 1 heterocycles. The SMILES string of the molecule is CCCCCSC1=NCCN1.I. The molecule has 0 aromatic carbocycles. The summed E-state index contributed by atoms with van der Waals surface area (Å²) in [6.45, 7) is 4.24. The molecule has 0 saturated carbocycles. The van der Waals surface area contributed by atoms with Crippen LogP contribution in [0.3, 0.4) is 0 Å². The second-order valence-corrected chi connectivity index (χ2v) is 3.75. The van der Waals surface area contributed by atoms with Gasteiger partial charge < -0.3 is 5.32 Å². The van der Waals surface area contributed by atoms with Gasteiger partial charge in [0.1, 0.15) is 0 Å². The maximum atomic E-state index is 4.30. The Balaban J connectivity index is 0.00000121. The van der Waals surface area contributed by atoms with Gasteiger partial charge in [0.05, 0.1) is 6.54 Å². The van der Waals surface area contributed by atoms with Gasteiger partial charge in [-0.2, -0.15) is 0 Å². The number of unbranched alkanes of at least 4 members (excludes halogenated alkanes) is 2. The van der Waals surface area contributed by atoms with E-state index in [2.05, 4.69) is 17.2 Å². The summed E-state index contributed by atoms with van der Waals surface area (Å²) >= 11 is 1.86. The van der Waals surface area contributed by atoms with Crippen molar-refractivity contribution >= 4 is 40.9 Å². The van der Waals surface area contributed by atoms with Crippen LogP contribution in [-0.2, 0) is 0 Å². The molecule has 0 unspecified atom stereocenters. The summed E-state index contributed by atoms with van der Waals surface area (Å²) in [5, 5.41) is 4.40. The second kappa shape index (κ2) is 8.16. The van der Waals surface area contributed by atoms with Gasteiger partial charge in [-0.3, -0.25) is 4.99 Å². The third-order valence-electron chi connectivity index (χ3n) is 1.63. The van der Waals surface area contributed by atoms with Gasteiger partial charge in [-0.05, 0) is 6.42 Å². The molecule has 0 spiro atoms. The first-order chi connectivity index (χ1) is 5.43. The van der Waals surface area contributed by atoms with Gasteiger partial charge in [-0.1, -0.05) is 31.5 Å². The molecule has 1 N–H and O–H groups in total. The zero-order chi connectivity index (χ0) is 7.94. The molecule has 0 radical (unpaired) electrons. The van der Waals surface area contributed by atoms with Gasteiger partial charge in [-0.15, -0.1) is 24.0 Å². The molecular formula is C8H17IN2S. The first-order valence-corrected chi connectivity index (χ1v) is 5.33. The van der Waals surface area contributed by atoms with E-state index >= 15 is 0 Å². The molecule has 1 rings (SSSR count). The van der Waals surface area contributed by atoms with Crippen LogP contribution in [-0.4, -0.2) is 24.0 Å². The molecular weight excluding hydrogens is 283 g/mol. The van der Waals surface area contributed by atoms with Crippen LogP contribution < -0.4 is 5.32 Å². The highest BCUT2D eigenvalue weighted by atomic mass is 127. The van der Waals surface area contributed by atoms with Gasteiger partial charge in [0, 0.05) is 12.3 Å². The number of hydrogen-bond acceptors (Lipinski definition) is 3. The van der Waals surface area contributed by atoms with Crippen LogP contribution in [0.2, 0.25) is 0 Å². The molecule has 0 fully saturated rings. The molecule has 2 nitrogen and oxygen atoms in total. The predicted molar refractivity (Wildman–Crippen MR) is 67.7 cm³/mol. The van der Waals surface area contributed by atoms with Crippen LogP contribution in [0.15, 0.2) is 4.99 Å². The maximum absolute atomic E-state index is 4.30. The average Bonchev–Trinajstić information content (AvgIpc) is 2.50. The Labute approximate surface area is 96.0 Å². The highest BCUT2D eigenvalue weighted by molar-refractivity contribution is 14.0. The molecule has 0 saturated heterocycles. The maximum Gasteiger partial charge on any atom is 0.156 e. The van der Waals surface area contributed by atoms with Crippen molar-refractivity contribution in [1.82, 2.24) is 5.32 Å². The zero-order valence-corrected chi connectivity index (χ0v) is 10.7. The van der Waals surface area contributed by atoms with Crippen molar-refractivity contribution < 1.29 is 0 Å². The predicted octanol–water partition coefficient (Wildman–Crippen LogP) is 2.49.